The van der Waals surface area contributed by atoms with E-state index in [0.29, 0.717) is 47.5 Å². The Morgan fingerprint density at radius 2 is 1.62 bits per heavy atom. The number of carbonyl (C=O) groups is 1. The molecule has 0 aliphatic heterocycles. The van der Waals surface area contributed by atoms with Gasteiger partial charge in [-0.05, 0) is 57.5 Å². The van der Waals surface area contributed by atoms with Crippen LogP contribution in [0, 0.1) is 10.1 Å². The number of nitro benzene ring substituents is 1. The van der Waals surface area contributed by atoms with E-state index in [1.54, 1.807) is 32.0 Å². The van der Waals surface area contributed by atoms with E-state index in [0.717, 1.165) is 16.4 Å². The fourth-order valence-electron chi connectivity index (χ4n) is 4.89. The van der Waals surface area contributed by atoms with Crippen molar-refractivity contribution in [3.05, 3.63) is 81.9 Å². The number of hydrogen-bond donors (Lipinski definition) is 0. The molecule has 0 saturated carbocycles. The van der Waals surface area contributed by atoms with E-state index in [9.17, 15) is 19.5 Å². The largest absolute Gasteiger partial charge is 0.493 e. The first-order valence-corrected chi connectivity index (χ1v) is 15.5. The third-order valence-electron chi connectivity index (χ3n) is 6.51. The lowest BCUT2D eigenvalue weighted by molar-refractivity contribution is -0.384. The van der Waals surface area contributed by atoms with Crippen LogP contribution in [0.15, 0.2) is 65.8 Å². The van der Waals surface area contributed by atoms with Crippen molar-refractivity contribution in [2.24, 2.45) is 5.16 Å². The van der Waals surface area contributed by atoms with Crippen LogP contribution >= 0.6 is 7.60 Å². The van der Waals surface area contributed by atoms with Crippen molar-refractivity contribution < 1.29 is 32.9 Å². The fraction of sp³-hybridized carbons (Fsp3) is 0.333. The fourth-order valence-corrected chi connectivity index (χ4v) is 6.54. The standard InChI is InChI=1S/C30H34N3O8P/c1-5-38-29-12-9-8-11-24(29)30(31-41-21(4)34)22-13-15-27-25(19-22)26-20-23(33(35)36)14-16-28(26)32(27)17-10-18-42(37,39-6-2)40-7-3/h8-9,11-16,19-20H,5-7,10,17-18H2,1-4H3. The normalized spacial score (nSPS) is 12.1. The van der Waals surface area contributed by atoms with Crippen LogP contribution in [-0.4, -0.2) is 47.2 Å². The minimum atomic E-state index is -3.23. The van der Waals surface area contributed by atoms with Crippen LogP contribution in [0.25, 0.3) is 21.8 Å². The summed E-state index contributed by atoms with van der Waals surface area (Å²) in [6, 6.07) is 17.6. The van der Waals surface area contributed by atoms with Crippen molar-refractivity contribution in [2.75, 3.05) is 26.0 Å². The van der Waals surface area contributed by atoms with Gasteiger partial charge in [0.05, 0.1) is 30.9 Å². The topological polar surface area (TPSA) is 131 Å². The molecule has 222 valence electrons. The molecule has 0 amide bonds. The van der Waals surface area contributed by atoms with Gasteiger partial charge in [0.15, 0.2) is 0 Å². The second kappa shape index (κ2) is 13.7. The average molecular weight is 596 g/mol. The Morgan fingerprint density at radius 1 is 0.952 bits per heavy atom. The molecule has 0 aliphatic carbocycles. The Labute approximate surface area is 243 Å². The van der Waals surface area contributed by atoms with E-state index in [-0.39, 0.29) is 25.1 Å². The molecule has 11 nitrogen and oxygen atoms in total. The molecule has 42 heavy (non-hydrogen) atoms. The lowest BCUT2D eigenvalue weighted by Crippen LogP contribution is -2.09. The van der Waals surface area contributed by atoms with Crippen LogP contribution in [0.3, 0.4) is 0 Å². The molecule has 1 heterocycles. The Hall–Kier alpha value is -4.05. The molecule has 3 aromatic carbocycles. The SMILES string of the molecule is CCOc1ccccc1C(=NOC(C)=O)c1ccc2c(c1)c1cc([N+](=O)[O-])ccc1n2CCCP(=O)(OCC)OCC. The van der Waals surface area contributed by atoms with E-state index in [1.165, 1.54) is 13.0 Å². The zero-order chi connectivity index (χ0) is 30.3. The monoisotopic (exact) mass is 595 g/mol. The van der Waals surface area contributed by atoms with Crippen molar-refractivity contribution in [3.63, 3.8) is 0 Å². The number of carbonyl (C=O) groups excluding carboxylic acids is 1. The number of nitro groups is 1. The number of nitrogens with zero attached hydrogens (tertiary/aromatic N) is 3. The summed E-state index contributed by atoms with van der Waals surface area (Å²) in [5, 5.41) is 17.2. The molecule has 12 heteroatoms. The predicted octanol–water partition coefficient (Wildman–Crippen LogP) is 7.07. The van der Waals surface area contributed by atoms with Crippen LogP contribution in [0.2, 0.25) is 0 Å². The highest BCUT2D eigenvalue weighted by Gasteiger charge is 2.24. The van der Waals surface area contributed by atoms with E-state index in [1.807, 2.05) is 47.9 Å². The van der Waals surface area contributed by atoms with Gasteiger partial charge in [-0.25, -0.2) is 4.79 Å². The van der Waals surface area contributed by atoms with Crippen LogP contribution < -0.4 is 4.74 Å². The number of para-hydroxylation sites is 1. The van der Waals surface area contributed by atoms with E-state index in [2.05, 4.69) is 5.16 Å². The summed E-state index contributed by atoms with van der Waals surface area (Å²) in [6.45, 7) is 8.14. The zero-order valence-electron chi connectivity index (χ0n) is 24.1. The number of benzene rings is 3. The van der Waals surface area contributed by atoms with Crippen molar-refractivity contribution in [3.8, 4) is 5.75 Å². The van der Waals surface area contributed by atoms with Gasteiger partial charge in [0.25, 0.3) is 5.69 Å². The molecule has 0 saturated heterocycles. The maximum absolute atomic E-state index is 13.0. The molecule has 0 spiro atoms. The summed E-state index contributed by atoms with van der Waals surface area (Å²) in [4.78, 5) is 28.0. The quantitative estimate of drug-likeness (QED) is 0.0497. The molecule has 0 bridgehead atoms. The van der Waals surface area contributed by atoms with Gasteiger partial charge < -0.3 is 23.2 Å². The van der Waals surface area contributed by atoms with Gasteiger partial charge in [0.1, 0.15) is 11.5 Å². The highest BCUT2D eigenvalue weighted by molar-refractivity contribution is 7.53. The number of ether oxygens (including phenoxy) is 1. The number of non-ortho nitro benzene ring substituents is 1. The number of rotatable bonds is 14. The lowest BCUT2D eigenvalue weighted by atomic mass is 9.99. The second-order valence-corrected chi connectivity index (χ2v) is 11.5. The summed E-state index contributed by atoms with van der Waals surface area (Å²) < 4.78 is 31.8. The van der Waals surface area contributed by atoms with Crippen LogP contribution in [0.5, 0.6) is 5.75 Å². The van der Waals surface area contributed by atoms with Crippen molar-refractivity contribution >= 4 is 46.8 Å². The third kappa shape index (κ3) is 6.87. The molecule has 1 aromatic heterocycles. The summed E-state index contributed by atoms with van der Waals surface area (Å²) in [7, 11) is -3.23. The Morgan fingerprint density at radius 3 is 2.26 bits per heavy atom. The zero-order valence-corrected chi connectivity index (χ0v) is 25.0. The summed E-state index contributed by atoms with van der Waals surface area (Å²) in [6.07, 6.45) is 0.726. The number of oxime groups is 1. The molecular formula is C30H34N3O8P. The molecule has 0 aliphatic rings. The number of fused-ring (bicyclic) bond motifs is 3. The number of aromatic nitrogens is 1. The number of hydrogen-bond acceptors (Lipinski definition) is 9. The van der Waals surface area contributed by atoms with Gasteiger partial charge in [-0.2, -0.15) is 0 Å². The summed E-state index contributed by atoms with van der Waals surface area (Å²) >= 11 is 0. The van der Waals surface area contributed by atoms with Crippen molar-refractivity contribution in [1.82, 2.24) is 4.57 Å². The van der Waals surface area contributed by atoms with Gasteiger partial charge in [-0.15, -0.1) is 0 Å². The molecule has 4 aromatic rings. The van der Waals surface area contributed by atoms with E-state index < -0.39 is 18.5 Å². The number of aryl methyl sites for hydroxylation is 1. The first-order chi connectivity index (χ1) is 20.2. The van der Waals surface area contributed by atoms with Crippen LogP contribution in [-0.2, 0) is 29.8 Å². The maximum Gasteiger partial charge on any atom is 0.332 e. The minimum absolute atomic E-state index is 0.0420. The van der Waals surface area contributed by atoms with E-state index >= 15 is 0 Å². The predicted molar refractivity (Wildman–Crippen MR) is 161 cm³/mol. The molecule has 0 fully saturated rings. The average Bonchev–Trinajstić information content (AvgIpc) is 3.26. The lowest BCUT2D eigenvalue weighted by Gasteiger charge is -2.17. The molecule has 0 radical (unpaired) electrons. The van der Waals surface area contributed by atoms with E-state index in [4.69, 9.17) is 18.6 Å². The second-order valence-electron chi connectivity index (χ2n) is 9.32. The van der Waals surface area contributed by atoms with Gasteiger partial charge >= 0.3 is 13.6 Å². The van der Waals surface area contributed by atoms with Gasteiger partial charge in [0, 0.05) is 58.5 Å². The van der Waals surface area contributed by atoms with Crippen LogP contribution in [0.4, 0.5) is 5.69 Å². The Kier molecular flexibility index (Phi) is 10.1. The highest BCUT2D eigenvalue weighted by Crippen LogP contribution is 2.48. The molecule has 4 rings (SSSR count). The molecule has 0 atom stereocenters. The smallest absolute Gasteiger partial charge is 0.332 e. The third-order valence-corrected chi connectivity index (χ3v) is 8.67. The maximum atomic E-state index is 13.0. The Balaban J connectivity index is 1.85. The first kappa shape index (κ1) is 30.9. The van der Waals surface area contributed by atoms with Crippen molar-refractivity contribution in [1.29, 1.82) is 0 Å². The molecule has 0 N–H and O–H groups in total. The highest BCUT2D eigenvalue weighted by atomic mass is 31.2. The summed E-state index contributed by atoms with van der Waals surface area (Å²) in [5.74, 6) is -0.0109. The summed E-state index contributed by atoms with van der Waals surface area (Å²) in [5.41, 5.74) is 3.18. The molecular weight excluding hydrogens is 561 g/mol. The van der Waals surface area contributed by atoms with Gasteiger partial charge in [0.2, 0.25) is 0 Å². The van der Waals surface area contributed by atoms with Gasteiger partial charge in [-0.1, -0.05) is 23.4 Å². The van der Waals surface area contributed by atoms with Crippen LogP contribution in [0.1, 0.15) is 45.2 Å². The van der Waals surface area contributed by atoms with Crippen molar-refractivity contribution in [2.45, 2.75) is 40.7 Å². The minimum Gasteiger partial charge on any atom is -0.493 e. The first-order valence-electron chi connectivity index (χ1n) is 13.8. The molecule has 0 unspecified atom stereocenters. The Bertz CT molecular complexity index is 1670. The van der Waals surface area contributed by atoms with Gasteiger partial charge in [-0.3, -0.25) is 14.7 Å².